The van der Waals surface area contributed by atoms with Crippen LogP contribution >= 0.6 is 0 Å². The Morgan fingerprint density at radius 1 is 1.07 bits per heavy atom. The van der Waals surface area contributed by atoms with Crippen LogP contribution in [0.25, 0.3) is 10.9 Å². The second-order valence-corrected chi connectivity index (χ2v) is 6.82. The van der Waals surface area contributed by atoms with Gasteiger partial charge in [0.15, 0.2) is 0 Å². The molecule has 2 heterocycles. The molecule has 2 aromatic heterocycles. The summed E-state index contributed by atoms with van der Waals surface area (Å²) in [5, 5.41) is 7.31. The third-order valence-corrected chi connectivity index (χ3v) is 4.68. The summed E-state index contributed by atoms with van der Waals surface area (Å²) >= 11 is 0. The lowest BCUT2D eigenvalue weighted by molar-refractivity contribution is -0.115. The molecule has 0 bridgehead atoms. The van der Waals surface area contributed by atoms with E-state index >= 15 is 0 Å². The Morgan fingerprint density at radius 2 is 1.97 bits per heavy atom. The number of aromatic nitrogens is 2. The molecule has 0 aliphatic heterocycles. The minimum absolute atomic E-state index is 0.113. The number of carbonyl (C=O) groups excluding carboxylic acids is 1. The highest BCUT2D eigenvalue weighted by molar-refractivity contribution is 5.92. The summed E-state index contributed by atoms with van der Waals surface area (Å²) in [4.78, 5) is 19.7. The Balaban J connectivity index is 1.28. The van der Waals surface area contributed by atoms with Crippen LogP contribution in [0.1, 0.15) is 11.1 Å². The number of aromatic amines is 1. The molecule has 6 heteroatoms. The number of amides is 1. The molecule has 0 unspecified atom stereocenters. The minimum Gasteiger partial charge on any atom is -0.370 e. The molecule has 2 aromatic carbocycles. The van der Waals surface area contributed by atoms with Crippen molar-refractivity contribution < 1.29 is 9.18 Å². The molecule has 1 amide bonds. The standard InChI is InChI=1S/C23H21FN4O/c24-18-5-3-4-16(12-18)13-23(29)28-19-8-9-22(27-15-19)25-11-10-17-14-26-21-7-2-1-6-20(17)21/h1-9,12,14-15,26H,10-11,13H2,(H,25,27)(H,28,29). The van der Waals surface area contributed by atoms with Crippen LogP contribution in [0.2, 0.25) is 0 Å². The van der Waals surface area contributed by atoms with E-state index in [1.54, 1.807) is 24.4 Å². The first-order valence-corrected chi connectivity index (χ1v) is 9.46. The monoisotopic (exact) mass is 388 g/mol. The number of hydrogen-bond donors (Lipinski definition) is 3. The molecule has 3 N–H and O–H groups in total. The lowest BCUT2D eigenvalue weighted by Gasteiger charge is -2.08. The van der Waals surface area contributed by atoms with Crippen LogP contribution in [-0.4, -0.2) is 22.4 Å². The van der Waals surface area contributed by atoms with E-state index in [4.69, 9.17) is 0 Å². The summed E-state index contributed by atoms with van der Waals surface area (Å²) in [7, 11) is 0. The number of pyridine rings is 1. The molecular weight excluding hydrogens is 367 g/mol. The van der Waals surface area contributed by atoms with Crippen molar-refractivity contribution in [3.05, 3.63) is 90.0 Å². The second-order valence-electron chi connectivity index (χ2n) is 6.82. The van der Waals surface area contributed by atoms with E-state index in [0.29, 0.717) is 11.3 Å². The van der Waals surface area contributed by atoms with E-state index < -0.39 is 0 Å². The largest absolute Gasteiger partial charge is 0.370 e. The number of hydrogen-bond acceptors (Lipinski definition) is 3. The summed E-state index contributed by atoms with van der Waals surface area (Å²) in [6.45, 7) is 0.750. The van der Waals surface area contributed by atoms with Crippen LogP contribution in [0, 0.1) is 5.82 Å². The summed E-state index contributed by atoms with van der Waals surface area (Å²) in [6, 6.07) is 17.9. The van der Waals surface area contributed by atoms with Crippen molar-refractivity contribution in [3.8, 4) is 0 Å². The van der Waals surface area contributed by atoms with Crippen molar-refractivity contribution in [2.75, 3.05) is 17.2 Å². The molecule has 29 heavy (non-hydrogen) atoms. The molecule has 0 saturated heterocycles. The molecule has 0 atom stereocenters. The van der Waals surface area contributed by atoms with Gasteiger partial charge in [0.05, 0.1) is 18.3 Å². The van der Waals surface area contributed by atoms with Gasteiger partial charge in [-0.15, -0.1) is 0 Å². The highest BCUT2D eigenvalue weighted by Gasteiger charge is 2.06. The number of anilines is 2. The van der Waals surface area contributed by atoms with Crippen LogP contribution in [0.5, 0.6) is 0 Å². The molecule has 0 saturated carbocycles. The number of H-pyrrole nitrogens is 1. The number of nitrogens with zero attached hydrogens (tertiary/aromatic N) is 1. The molecule has 146 valence electrons. The molecule has 0 spiro atoms. The Kier molecular flexibility index (Phi) is 5.52. The van der Waals surface area contributed by atoms with Gasteiger partial charge in [0.25, 0.3) is 0 Å². The van der Waals surface area contributed by atoms with Crippen LogP contribution in [0.3, 0.4) is 0 Å². The van der Waals surface area contributed by atoms with Gasteiger partial charge >= 0.3 is 0 Å². The Morgan fingerprint density at radius 3 is 2.79 bits per heavy atom. The predicted octanol–water partition coefficient (Wildman–Crippen LogP) is 4.54. The van der Waals surface area contributed by atoms with Gasteiger partial charge in [-0.2, -0.15) is 0 Å². The van der Waals surface area contributed by atoms with Crippen LogP contribution < -0.4 is 10.6 Å². The van der Waals surface area contributed by atoms with E-state index in [1.165, 1.54) is 23.1 Å². The van der Waals surface area contributed by atoms with Crippen LogP contribution in [-0.2, 0) is 17.6 Å². The zero-order valence-electron chi connectivity index (χ0n) is 15.8. The fraction of sp³-hybridized carbons (Fsp3) is 0.130. The molecule has 5 nitrogen and oxygen atoms in total. The molecule has 0 aliphatic carbocycles. The fourth-order valence-corrected chi connectivity index (χ4v) is 3.27. The zero-order valence-corrected chi connectivity index (χ0v) is 15.8. The molecule has 0 aliphatic rings. The topological polar surface area (TPSA) is 69.8 Å². The van der Waals surface area contributed by atoms with Gasteiger partial charge in [0.1, 0.15) is 11.6 Å². The van der Waals surface area contributed by atoms with Crippen molar-refractivity contribution in [1.82, 2.24) is 9.97 Å². The number of benzene rings is 2. The average Bonchev–Trinajstić information content (AvgIpc) is 3.12. The predicted molar refractivity (Wildman–Crippen MR) is 113 cm³/mol. The van der Waals surface area contributed by atoms with Crippen molar-refractivity contribution in [2.45, 2.75) is 12.8 Å². The van der Waals surface area contributed by atoms with Crippen molar-refractivity contribution in [1.29, 1.82) is 0 Å². The normalized spacial score (nSPS) is 10.8. The number of halogens is 1. The van der Waals surface area contributed by atoms with Crippen molar-refractivity contribution in [3.63, 3.8) is 0 Å². The molecule has 0 fully saturated rings. The lowest BCUT2D eigenvalue weighted by atomic mass is 10.1. The Labute approximate surface area is 168 Å². The second kappa shape index (κ2) is 8.56. The summed E-state index contributed by atoms with van der Waals surface area (Å²) in [6.07, 6.45) is 4.63. The third-order valence-electron chi connectivity index (χ3n) is 4.68. The highest BCUT2D eigenvalue weighted by Crippen LogP contribution is 2.18. The number of rotatable bonds is 7. The van der Waals surface area contributed by atoms with Gasteiger partial charge in [-0.25, -0.2) is 9.37 Å². The number of carbonyl (C=O) groups is 1. The fourth-order valence-electron chi connectivity index (χ4n) is 3.27. The van der Waals surface area contributed by atoms with Gasteiger partial charge in [-0.3, -0.25) is 4.79 Å². The van der Waals surface area contributed by atoms with E-state index in [2.05, 4.69) is 32.7 Å². The summed E-state index contributed by atoms with van der Waals surface area (Å²) < 4.78 is 13.2. The van der Waals surface area contributed by atoms with E-state index in [9.17, 15) is 9.18 Å². The van der Waals surface area contributed by atoms with E-state index in [0.717, 1.165) is 24.3 Å². The van der Waals surface area contributed by atoms with Crippen LogP contribution in [0.4, 0.5) is 15.9 Å². The third kappa shape index (κ3) is 4.79. The first-order chi connectivity index (χ1) is 14.2. The SMILES string of the molecule is O=C(Cc1cccc(F)c1)Nc1ccc(NCCc2c[nH]c3ccccc23)nc1. The molecule has 4 aromatic rings. The highest BCUT2D eigenvalue weighted by atomic mass is 19.1. The first-order valence-electron chi connectivity index (χ1n) is 9.46. The maximum absolute atomic E-state index is 13.2. The van der Waals surface area contributed by atoms with E-state index in [-0.39, 0.29) is 18.1 Å². The summed E-state index contributed by atoms with van der Waals surface area (Å²) in [5.74, 6) is 0.186. The van der Waals surface area contributed by atoms with Crippen LogP contribution in [0.15, 0.2) is 73.1 Å². The molecule has 0 radical (unpaired) electrons. The van der Waals surface area contributed by atoms with Gasteiger partial charge in [0, 0.05) is 23.6 Å². The Bertz CT molecular complexity index is 1120. The van der Waals surface area contributed by atoms with Crippen molar-refractivity contribution in [2.24, 2.45) is 0 Å². The lowest BCUT2D eigenvalue weighted by Crippen LogP contribution is -2.15. The maximum Gasteiger partial charge on any atom is 0.228 e. The first kappa shape index (κ1) is 18.7. The maximum atomic E-state index is 13.2. The van der Waals surface area contributed by atoms with Gasteiger partial charge in [0.2, 0.25) is 5.91 Å². The number of fused-ring (bicyclic) bond motifs is 1. The zero-order chi connectivity index (χ0) is 20.1. The smallest absolute Gasteiger partial charge is 0.228 e. The molecular formula is C23H21FN4O. The minimum atomic E-state index is -0.347. The number of nitrogens with one attached hydrogen (secondary N) is 3. The quantitative estimate of drug-likeness (QED) is 0.435. The van der Waals surface area contributed by atoms with Gasteiger partial charge < -0.3 is 15.6 Å². The Hall–Kier alpha value is -3.67. The van der Waals surface area contributed by atoms with E-state index in [1.807, 2.05) is 24.4 Å². The van der Waals surface area contributed by atoms with Gasteiger partial charge in [-0.1, -0.05) is 30.3 Å². The average molecular weight is 388 g/mol. The number of para-hydroxylation sites is 1. The summed E-state index contributed by atoms with van der Waals surface area (Å²) in [5.41, 5.74) is 3.63. The van der Waals surface area contributed by atoms with Crippen molar-refractivity contribution >= 4 is 28.3 Å². The van der Waals surface area contributed by atoms with Gasteiger partial charge in [-0.05, 0) is 47.9 Å². The molecule has 4 rings (SSSR count).